The molecule has 152 valence electrons. The highest BCUT2D eigenvalue weighted by molar-refractivity contribution is 5.38. The first-order valence-electron chi connectivity index (χ1n) is 10.0. The molecule has 1 fully saturated rings. The van der Waals surface area contributed by atoms with E-state index in [4.69, 9.17) is 9.47 Å². The lowest BCUT2D eigenvalue weighted by atomic mass is 10.1. The first-order chi connectivity index (χ1) is 13.7. The first kappa shape index (κ1) is 20.6. The molecule has 5 nitrogen and oxygen atoms in total. The van der Waals surface area contributed by atoms with Crippen molar-refractivity contribution in [3.05, 3.63) is 59.7 Å². The highest BCUT2D eigenvalue weighted by Crippen LogP contribution is 2.24. The molecule has 1 atom stereocenters. The van der Waals surface area contributed by atoms with E-state index < -0.39 is 0 Å². The zero-order valence-electron chi connectivity index (χ0n) is 17.0. The molecule has 1 saturated heterocycles. The van der Waals surface area contributed by atoms with E-state index in [1.807, 2.05) is 6.07 Å². The maximum absolute atomic E-state index is 9.56. The Morgan fingerprint density at radius 1 is 0.964 bits per heavy atom. The van der Waals surface area contributed by atoms with Crippen molar-refractivity contribution >= 4 is 0 Å². The van der Waals surface area contributed by atoms with Crippen molar-refractivity contribution in [1.82, 2.24) is 9.80 Å². The number of hydrogen-bond acceptors (Lipinski definition) is 5. The summed E-state index contributed by atoms with van der Waals surface area (Å²) >= 11 is 0. The van der Waals surface area contributed by atoms with E-state index in [1.54, 1.807) is 14.2 Å². The number of nitrogens with zero attached hydrogens (tertiary/aromatic N) is 2. The molecule has 2 aromatic carbocycles. The topological polar surface area (TPSA) is 45.2 Å². The van der Waals surface area contributed by atoms with Gasteiger partial charge in [-0.05, 0) is 36.1 Å². The molecule has 0 saturated carbocycles. The Bertz CT molecular complexity index is 701. The predicted molar refractivity (Wildman–Crippen MR) is 112 cm³/mol. The molecule has 5 heteroatoms. The molecular weight excluding hydrogens is 352 g/mol. The third-order valence-electron chi connectivity index (χ3n) is 5.50. The molecule has 1 heterocycles. The standard InChI is InChI=1S/C23H32N2O3/c1-27-22-14-20(15-23(16-22)28-2)17-24-11-12-25(21(18-24)9-13-26)10-8-19-6-4-3-5-7-19/h3-7,14-16,21,26H,8-13,17-18H2,1-2H3/t21-/m1/s1. The molecule has 0 amide bonds. The number of rotatable bonds is 9. The molecule has 0 unspecified atom stereocenters. The Labute approximate surface area is 168 Å². The molecule has 1 aliphatic rings. The van der Waals surface area contributed by atoms with Crippen LogP contribution in [0, 0.1) is 0 Å². The SMILES string of the molecule is COc1cc(CN2CCN(CCc3ccccc3)[C@H](CCO)C2)cc(OC)c1. The molecule has 0 radical (unpaired) electrons. The lowest BCUT2D eigenvalue weighted by Crippen LogP contribution is -2.53. The van der Waals surface area contributed by atoms with Gasteiger partial charge in [0.2, 0.25) is 0 Å². The van der Waals surface area contributed by atoms with Crippen molar-refractivity contribution in [2.45, 2.75) is 25.4 Å². The van der Waals surface area contributed by atoms with Crippen molar-refractivity contribution in [2.24, 2.45) is 0 Å². The zero-order chi connectivity index (χ0) is 19.8. The molecule has 0 spiro atoms. The number of aliphatic hydroxyl groups is 1. The molecule has 3 rings (SSSR count). The summed E-state index contributed by atoms with van der Waals surface area (Å²) in [5.74, 6) is 1.64. The third-order valence-corrected chi connectivity index (χ3v) is 5.50. The second-order valence-corrected chi connectivity index (χ2v) is 7.39. The highest BCUT2D eigenvalue weighted by atomic mass is 16.5. The van der Waals surface area contributed by atoms with Crippen LogP contribution in [0.15, 0.2) is 48.5 Å². The summed E-state index contributed by atoms with van der Waals surface area (Å²) < 4.78 is 10.8. The number of hydrogen-bond donors (Lipinski definition) is 1. The van der Waals surface area contributed by atoms with E-state index >= 15 is 0 Å². The van der Waals surface area contributed by atoms with Gasteiger partial charge < -0.3 is 14.6 Å². The summed E-state index contributed by atoms with van der Waals surface area (Å²) in [5, 5.41) is 9.56. The van der Waals surface area contributed by atoms with Crippen molar-refractivity contribution < 1.29 is 14.6 Å². The average molecular weight is 385 g/mol. The van der Waals surface area contributed by atoms with Gasteiger partial charge in [-0.3, -0.25) is 9.80 Å². The fourth-order valence-electron chi connectivity index (χ4n) is 3.95. The molecule has 1 N–H and O–H groups in total. The second-order valence-electron chi connectivity index (χ2n) is 7.39. The molecule has 0 aromatic heterocycles. The third kappa shape index (κ3) is 5.71. The van der Waals surface area contributed by atoms with E-state index in [0.29, 0.717) is 6.04 Å². The summed E-state index contributed by atoms with van der Waals surface area (Å²) in [5.41, 5.74) is 2.56. The minimum atomic E-state index is 0.229. The van der Waals surface area contributed by atoms with Crippen LogP contribution in [0.5, 0.6) is 11.5 Å². The van der Waals surface area contributed by atoms with Gasteiger partial charge >= 0.3 is 0 Å². The average Bonchev–Trinajstić information content (AvgIpc) is 2.74. The molecule has 2 aromatic rings. The van der Waals surface area contributed by atoms with Crippen molar-refractivity contribution in [2.75, 3.05) is 47.0 Å². The van der Waals surface area contributed by atoms with Crippen LogP contribution in [0.3, 0.4) is 0 Å². The Hall–Kier alpha value is -2.08. The van der Waals surface area contributed by atoms with Crippen LogP contribution in [0.1, 0.15) is 17.5 Å². The van der Waals surface area contributed by atoms with Crippen molar-refractivity contribution in [3.63, 3.8) is 0 Å². The molecule has 1 aliphatic heterocycles. The number of aliphatic hydroxyl groups excluding tert-OH is 1. The maximum atomic E-state index is 9.56. The lowest BCUT2D eigenvalue weighted by molar-refractivity contribution is 0.0561. The van der Waals surface area contributed by atoms with Gasteiger partial charge in [-0.25, -0.2) is 0 Å². The van der Waals surface area contributed by atoms with Gasteiger partial charge in [0.1, 0.15) is 11.5 Å². The van der Waals surface area contributed by atoms with Gasteiger partial charge in [0, 0.05) is 51.4 Å². The lowest BCUT2D eigenvalue weighted by Gasteiger charge is -2.41. The van der Waals surface area contributed by atoms with Gasteiger partial charge in [0.25, 0.3) is 0 Å². The Morgan fingerprint density at radius 2 is 1.68 bits per heavy atom. The summed E-state index contributed by atoms with van der Waals surface area (Å²) in [7, 11) is 3.36. The van der Waals surface area contributed by atoms with Crippen LogP contribution >= 0.6 is 0 Å². The molecule has 0 aliphatic carbocycles. The van der Waals surface area contributed by atoms with Crippen LogP contribution in [0.4, 0.5) is 0 Å². The summed E-state index contributed by atoms with van der Waals surface area (Å²) in [6, 6.07) is 17.1. The highest BCUT2D eigenvalue weighted by Gasteiger charge is 2.26. The zero-order valence-corrected chi connectivity index (χ0v) is 17.0. The Morgan fingerprint density at radius 3 is 2.32 bits per heavy atom. The van der Waals surface area contributed by atoms with E-state index in [9.17, 15) is 5.11 Å². The monoisotopic (exact) mass is 384 g/mol. The van der Waals surface area contributed by atoms with Gasteiger partial charge in [-0.1, -0.05) is 30.3 Å². The minimum absolute atomic E-state index is 0.229. The second kappa shape index (κ2) is 10.5. The summed E-state index contributed by atoms with van der Waals surface area (Å²) in [4.78, 5) is 5.00. The van der Waals surface area contributed by atoms with Gasteiger partial charge in [0.15, 0.2) is 0 Å². The largest absolute Gasteiger partial charge is 0.497 e. The van der Waals surface area contributed by atoms with Crippen LogP contribution in [-0.2, 0) is 13.0 Å². The quantitative estimate of drug-likeness (QED) is 0.720. The van der Waals surface area contributed by atoms with Crippen LogP contribution in [0.25, 0.3) is 0 Å². The molecular formula is C23H32N2O3. The fraction of sp³-hybridized carbons (Fsp3) is 0.478. The summed E-state index contributed by atoms with van der Waals surface area (Å²) in [6.45, 7) is 5.15. The van der Waals surface area contributed by atoms with Crippen molar-refractivity contribution in [1.29, 1.82) is 0 Å². The summed E-state index contributed by atoms with van der Waals surface area (Å²) in [6.07, 6.45) is 1.86. The smallest absolute Gasteiger partial charge is 0.122 e. The molecule has 0 bridgehead atoms. The van der Waals surface area contributed by atoms with Gasteiger partial charge in [-0.15, -0.1) is 0 Å². The predicted octanol–water partition coefficient (Wildman–Crippen LogP) is 2.82. The van der Waals surface area contributed by atoms with Gasteiger partial charge in [-0.2, -0.15) is 0 Å². The van der Waals surface area contributed by atoms with Crippen LogP contribution in [0.2, 0.25) is 0 Å². The van der Waals surface area contributed by atoms with E-state index in [-0.39, 0.29) is 6.61 Å². The fourth-order valence-corrected chi connectivity index (χ4v) is 3.95. The van der Waals surface area contributed by atoms with E-state index in [1.165, 1.54) is 11.1 Å². The number of ether oxygens (including phenoxy) is 2. The normalized spacial score (nSPS) is 18.2. The minimum Gasteiger partial charge on any atom is -0.497 e. The van der Waals surface area contributed by atoms with Crippen LogP contribution < -0.4 is 9.47 Å². The van der Waals surface area contributed by atoms with Crippen molar-refractivity contribution in [3.8, 4) is 11.5 Å². The Balaban J connectivity index is 1.60. The number of benzene rings is 2. The van der Waals surface area contributed by atoms with E-state index in [2.05, 4.69) is 52.3 Å². The first-order valence-corrected chi connectivity index (χ1v) is 10.0. The number of piperazine rings is 1. The number of methoxy groups -OCH3 is 2. The molecule has 28 heavy (non-hydrogen) atoms. The maximum Gasteiger partial charge on any atom is 0.122 e. The van der Waals surface area contributed by atoms with E-state index in [0.717, 1.165) is 57.1 Å². The van der Waals surface area contributed by atoms with Crippen LogP contribution in [-0.4, -0.2) is 68.0 Å². The van der Waals surface area contributed by atoms with Gasteiger partial charge in [0.05, 0.1) is 14.2 Å². The Kier molecular flexibility index (Phi) is 7.71.